The van der Waals surface area contributed by atoms with Gasteiger partial charge in [0.15, 0.2) is 17.5 Å². The molecule has 96 valence electrons. The molecule has 0 saturated heterocycles. The Morgan fingerprint density at radius 2 is 2.28 bits per heavy atom. The molecule has 0 spiro atoms. The summed E-state index contributed by atoms with van der Waals surface area (Å²) in [4.78, 5) is 23.1. The number of rotatable bonds is 4. The van der Waals surface area contributed by atoms with E-state index < -0.39 is 5.91 Å². The minimum absolute atomic E-state index is 0.0246. The molecule has 0 aromatic carbocycles. The van der Waals surface area contributed by atoms with Gasteiger partial charge >= 0.3 is 5.91 Å². The van der Waals surface area contributed by atoms with Crippen LogP contribution in [0.3, 0.4) is 0 Å². The van der Waals surface area contributed by atoms with Crippen LogP contribution in [0.15, 0.2) is 11.2 Å². The van der Waals surface area contributed by atoms with Crippen molar-refractivity contribution in [1.82, 2.24) is 9.97 Å². The topological polar surface area (TPSA) is 119 Å². The quantitative estimate of drug-likeness (QED) is 0.536. The third-order valence-electron chi connectivity index (χ3n) is 2.43. The van der Waals surface area contributed by atoms with Crippen LogP contribution in [0.2, 0.25) is 5.15 Å². The van der Waals surface area contributed by atoms with Gasteiger partial charge in [-0.25, -0.2) is 9.97 Å². The average molecular weight is 269 g/mol. The molecule has 0 aliphatic heterocycles. The van der Waals surface area contributed by atoms with Crippen molar-refractivity contribution in [3.8, 4) is 0 Å². The van der Waals surface area contributed by atoms with Gasteiger partial charge in [-0.15, -0.1) is 0 Å². The van der Waals surface area contributed by atoms with Gasteiger partial charge in [0.2, 0.25) is 0 Å². The zero-order valence-electron chi connectivity index (χ0n) is 9.56. The summed E-state index contributed by atoms with van der Waals surface area (Å²) >= 11 is 5.71. The Kier molecular flexibility index (Phi) is 3.61. The van der Waals surface area contributed by atoms with Crippen molar-refractivity contribution in [3.63, 3.8) is 0 Å². The lowest BCUT2D eigenvalue weighted by atomic mass is 10.3. The zero-order chi connectivity index (χ0) is 13.1. The second-order valence-corrected chi connectivity index (χ2v) is 4.44. The predicted octanol–water partition coefficient (Wildman–Crippen LogP) is 0.365. The molecule has 1 amide bonds. The zero-order valence-corrected chi connectivity index (χ0v) is 10.3. The molecule has 0 bridgehead atoms. The van der Waals surface area contributed by atoms with Crippen LogP contribution >= 0.6 is 11.6 Å². The van der Waals surface area contributed by atoms with Crippen molar-refractivity contribution in [2.24, 2.45) is 22.4 Å². The van der Waals surface area contributed by atoms with E-state index in [1.807, 2.05) is 0 Å². The minimum Gasteiger partial charge on any atom is -0.370 e. The van der Waals surface area contributed by atoms with E-state index in [1.165, 1.54) is 19.0 Å². The fourth-order valence-electron chi connectivity index (χ4n) is 1.38. The van der Waals surface area contributed by atoms with Crippen LogP contribution in [0, 0.1) is 5.92 Å². The Balaban J connectivity index is 2.21. The highest BCUT2D eigenvalue weighted by Gasteiger charge is 2.22. The number of hydrogen-bond acceptors (Lipinski definition) is 4. The Bertz CT molecular complexity index is 495. The first kappa shape index (κ1) is 12.6. The first-order valence-corrected chi connectivity index (χ1v) is 5.84. The molecule has 1 heterocycles. The summed E-state index contributed by atoms with van der Waals surface area (Å²) < 4.78 is 0. The second-order valence-electron chi connectivity index (χ2n) is 4.06. The standard InChI is InChI=1S/C10H13ClN6O/c11-6-4-15-8(14-3-5-1-2-5)7(16-6)9(18)17-10(12)13/h4-5H,1-3H2,(H,14,15)(H4,12,13,17,18). The van der Waals surface area contributed by atoms with Crippen LogP contribution in [-0.4, -0.2) is 28.4 Å². The highest BCUT2D eigenvalue weighted by Crippen LogP contribution is 2.29. The highest BCUT2D eigenvalue weighted by atomic mass is 35.5. The summed E-state index contributed by atoms with van der Waals surface area (Å²) in [7, 11) is 0. The van der Waals surface area contributed by atoms with Gasteiger partial charge in [-0.3, -0.25) is 4.79 Å². The SMILES string of the molecule is NC(N)=NC(=O)c1nc(Cl)cnc1NCC1CC1. The normalized spacial score (nSPS) is 14.1. The molecule has 0 atom stereocenters. The molecular formula is C10H13ClN6O. The fourth-order valence-corrected chi connectivity index (χ4v) is 1.51. The summed E-state index contributed by atoms with van der Waals surface area (Å²) in [5, 5.41) is 3.16. The lowest BCUT2D eigenvalue weighted by Gasteiger charge is -2.07. The van der Waals surface area contributed by atoms with Crippen molar-refractivity contribution in [3.05, 3.63) is 17.0 Å². The minimum atomic E-state index is -0.664. The van der Waals surface area contributed by atoms with Crippen molar-refractivity contribution in [2.45, 2.75) is 12.8 Å². The summed E-state index contributed by atoms with van der Waals surface area (Å²) in [6, 6.07) is 0. The molecule has 8 heteroatoms. The number of guanidine groups is 1. The van der Waals surface area contributed by atoms with Crippen LogP contribution in [0.5, 0.6) is 0 Å². The Hall–Kier alpha value is -1.89. The summed E-state index contributed by atoms with van der Waals surface area (Å²) in [5.74, 6) is -0.00646. The maximum absolute atomic E-state index is 11.7. The maximum Gasteiger partial charge on any atom is 0.302 e. The predicted molar refractivity (Wildman–Crippen MR) is 68.4 cm³/mol. The molecule has 0 unspecified atom stereocenters. The summed E-state index contributed by atoms with van der Waals surface area (Å²) in [5.41, 5.74) is 10.3. The molecule has 5 N–H and O–H groups in total. The summed E-state index contributed by atoms with van der Waals surface area (Å²) in [6.07, 6.45) is 3.74. The largest absolute Gasteiger partial charge is 0.370 e. The number of hydrogen-bond donors (Lipinski definition) is 3. The van der Waals surface area contributed by atoms with Crippen LogP contribution in [0.1, 0.15) is 23.3 Å². The number of nitrogens with two attached hydrogens (primary N) is 2. The number of anilines is 1. The van der Waals surface area contributed by atoms with Gasteiger partial charge in [-0.1, -0.05) is 11.6 Å². The van der Waals surface area contributed by atoms with Crippen LogP contribution < -0.4 is 16.8 Å². The number of halogens is 1. The van der Waals surface area contributed by atoms with Gasteiger partial charge in [0, 0.05) is 6.54 Å². The number of carbonyl (C=O) groups excluding carboxylic acids is 1. The second kappa shape index (κ2) is 5.18. The Morgan fingerprint density at radius 1 is 1.56 bits per heavy atom. The van der Waals surface area contributed by atoms with E-state index in [0.29, 0.717) is 11.7 Å². The van der Waals surface area contributed by atoms with E-state index in [2.05, 4.69) is 20.3 Å². The van der Waals surface area contributed by atoms with Crippen LogP contribution in [0.4, 0.5) is 5.82 Å². The lowest BCUT2D eigenvalue weighted by Crippen LogP contribution is -2.25. The molecule has 1 aliphatic carbocycles. The van der Waals surface area contributed by atoms with Gasteiger partial charge in [-0.05, 0) is 18.8 Å². The molecule has 1 aromatic heterocycles. The lowest BCUT2D eigenvalue weighted by molar-refractivity contribution is 0.0998. The van der Waals surface area contributed by atoms with Crippen LogP contribution in [-0.2, 0) is 0 Å². The molecule has 1 aromatic rings. The number of nitrogens with zero attached hydrogens (tertiary/aromatic N) is 3. The molecule has 7 nitrogen and oxygen atoms in total. The molecule has 1 fully saturated rings. The number of amides is 1. The summed E-state index contributed by atoms with van der Waals surface area (Å²) in [6.45, 7) is 0.748. The van der Waals surface area contributed by atoms with Crippen molar-refractivity contribution < 1.29 is 4.79 Å². The molecule has 2 rings (SSSR count). The average Bonchev–Trinajstić information content (AvgIpc) is 3.10. The van der Waals surface area contributed by atoms with Crippen molar-refractivity contribution in [2.75, 3.05) is 11.9 Å². The number of aromatic nitrogens is 2. The molecule has 0 radical (unpaired) electrons. The number of aliphatic imine (C=N–C) groups is 1. The van der Waals surface area contributed by atoms with E-state index in [0.717, 1.165) is 6.54 Å². The van der Waals surface area contributed by atoms with E-state index in [-0.39, 0.29) is 16.8 Å². The third-order valence-corrected chi connectivity index (χ3v) is 2.61. The number of carbonyl (C=O) groups is 1. The Morgan fingerprint density at radius 3 is 2.89 bits per heavy atom. The first-order valence-electron chi connectivity index (χ1n) is 5.46. The van der Waals surface area contributed by atoms with Gasteiger partial charge in [0.05, 0.1) is 6.20 Å². The molecule has 1 saturated carbocycles. The van der Waals surface area contributed by atoms with Gasteiger partial charge < -0.3 is 16.8 Å². The highest BCUT2D eigenvalue weighted by molar-refractivity contribution is 6.29. The van der Waals surface area contributed by atoms with Crippen molar-refractivity contribution >= 4 is 29.3 Å². The van der Waals surface area contributed by atoms with E-state index in [4.69, 9.17) is 23.1 Å². The van der Waals surface area contributed by atoms with E-state index in [9.17, 15) is 4.79 Å². The maximum atomic E-state index is 11.7. The smallest absolute Gasteiger partial charge is 0.302 e. The molecular weight excluding hydrogens is 256 g/mol. The number of nitrogens with one attached hydrogen (secondary N) is 1. The fraction of sp³-hybridized carbons (Fsp3) is 0.400. The molecule has 1 aliphatic rings. The third kappa shape index (κ3) is 3.30. The van der Waals surface area contributed by atoms with E-state index in [1.54, 1.807) is 0 Å². The Labute approximate surface area is 109 Å². The van der Waals surface area contributed by atoms with Gasteiger partial charge in [0.25, 0.3) is 0 Å². The first-order chi connectivity index (χ1) is 8.56. The monoisotopic (exact) mass is 268 g/mol. The van der Waals surface area contributed by atoms with Gasteiger partial charge in [-0.2, -0.15) is 4.99 Å². The van der Waals surface area contributed by atoms with Crippen molar-refractivity contribution in [1.29, 1.82) is 0 Å². The van der Waals surface area contributed by atoms with E-state index >= 15 is 0 Å². The van der Waals surface area contributed by atoms with Crippen LogP contribution in [0.25, 0.3) is 0 Å². The molecule has 18 heavy (non-hydrogen) atoms. The van der Waals surface area contributed by atoms with Gasteiger partial charge in [0.1, 0.15) is 5.15 Å².